The van der Waals surface area contributed by atoms with Crippen molar-refractivity contribution < 1.29 is 34.8 Å². The predicted octanol–water partition coefficient (Wildman–Crippen LogP) is 1.84. The molecule has 2 rings (SSSR count). The van der Waals surface area contributed by atoms with E-state index < -0.39 is 12.1 Å². The molecule has 3 atom stereocenters. The molecule has 0 spiro atoms. The van der Waals surface area contributed by atoms with Gasteiger partial charge in [-0.3, -0.25) is 9.59 Å². The first-order chi connectivity index (χ1) is 18.0. The van der Waals surface area contributed by atoms with Crippen LogP contribution >= 0.6 is 0 Å². The largest absolute Gasteiger partial charge is 0.493 e. The van der Waals surface area contributed by atoms with Crippen molar-refractivity contribution in [2.45, 2.75) is 71.4 Å². The van der Waals surface area contributed by atoms with E-state index in [9.17, 15) is 9.59 Å². The zero-order valence-corrected chi connectivity index (χ0v) is 25.3. The SMILES string of the molecule is B[C@H](CC(C)C)NC(=O)[C@H](C)NC(=O)[C@H](Cc1cc(OC)c(OC)c(OC)c1)Nc1cccc(C(C)C)c1.O.O. The molecule has 0 unspecified atom stereocenters. The minimum atomic E-state index is -0.691. The lowest BCUT2D eigenvalue weighted by molar-refractivity contribution is -0.129. The van der Waals surface area contributed by atoms with Crippen molar-refractivity contribution in [3.63, 3.8) is 0 Å². The van der Waals surface area contributed by atoms with Crippen molar-refractivity contribution in [1.29, 1.82) is 0 Å². The summed E-state index contributed by atoms with van der Waals surface area (Å²) in [6.45, 7) is 10.2. The number of hydrogen-bond donors (Lipinski definition) is 3. The van der Waals surface area contributed by atoms with Crippen LogP contribution in [0.25, 0.3) is 0 Å². The number of ether oxygens (including phenoxy) is 3. The van der Waals surface area contributed by atoms with Gasteiger partial charge in [-0.2, -0.15) is 0 Å². The highest BCUT2D eigenvalue weighted by molar-refractivity contribution is 6.13. The maximum atomic E-state index is 13.5. The summed E-state index contributed by atoms with van der Waals surface area (Å²) in [5, 5.41) is 9.27. The van der Waals surface area contributed by atoms with Gasteiger partial charge in [-0.05, 0) is 66.5 Å². The lowest BCUT2D eigenvalue weighted by Gasteiger charge is -2.24. The van der Waals surface area contributed by atoms with E-state index in [2.05, 4.69) is 49.7 Å². The summed E-state index contributed by atoms with van der Waals surface area (Å²) < 4.78 is 16.4. The fourth-order valence-corrected chi connectivity index (χ4v) is 4.40. The molecule has 40 heavy (non-hydrogen) atoms. The first-order valence-electron chi connectivity index (χ1n) is 13.2. The van der Waals surface area contributed by atoms with Crippen LogP contribution in [-0.4, -0.2) is 70.0 Å². The zero-order valence-electron chi connectivity index (χ0n) is 25.3. The van der Waals surface area contributed by atoms with Crippen LogP contribution in [-0.2, 0) is 16.0 Å². The molecule has 0 aliphatic carbocycles. The number of methoxy groups -OCH3 is 3. The fraction of sp³-hybridized carbons (Fsp3) is 0.517. The minimum Gasteiger partial charge on any atom is -0.493 e. The Kier molecular flexibility index (Phi) is 15.8. The van der Waals surface area contributed by atoms with Crippen LogP contribution in [0.2, 0.25) is 0 Å². The summed E-state index contributed by atoms with van der Waals surface area (Å²) in [6.07, 6.45) is 1.19. The molecule has 0 bridgehead atoms. The van der Waals surface area contributed by atoms with E-state index in [4.69, 9.17) is 14.2 Å². The highest BCUT2D eigenvalue weighted by Gasteiger charge is 2.25. The van der Waals surface area contributed by atoms with E-state index in [0.717, 1.165) is 23.2 Å². The quantitative estimate of drug-likeness (QED) is 0.298. The summed E-state index contributed by atoms with van der Waals surface area (Å²) in [6, 6.07) is 10.3. The van der Waals surface area contributed by atoms with E-state index in [-0.39, 0.29) is 28.7 Å². The molecule has 0 heterocycles. The molecule has 224 valence electrons. The maximum absolute atomic E-state index is 13.5. The van der Waals surface area contributed by atoms with Crippen LogP contribution in [0.15, 0.2) is 36.4 Å². The third kappa shape index (κ3) is 10.6. The third-order valence-corrected chi connectivity index (χ3v) is 6.34. The van der Waals surface area contributed by atoms with Crippen LogP contribution in [0.5, 0.6) is 17.2 Å². The van der Waals surface area contributed by atoms with Gasteiger partial charge in [0.1, 0.15) is 19.9 Å². The van der Waals surface area contributed by atoms with Gasteiger partial charge in [0.25, 0.3) is 0 Å². The third-order valence-electron chi connectivity index (χ3n) is 6.34. The molecular weight excluding hydrogens is 513 g/mol. The topological polar surface area (TPSA) is 161 Å². The first kappa shape index (κ1) is 36.6. The highest BCUT2D eigenvalue weighted by Crippen LogP contribution is 2.38. The molecule has 11 heteroatoms. The van der Waals surface area contributed by atoms with Crippen LogP contribution in [0, 0.1) is 5.92 Å². The summed E-state index contributed by atoms with van der Waals surface area (Å²) in [5.41, 5.74) is 2.80. The van der Waals surface area contributed by atoms with Gasteiger partial charge in [0.15, 0.2) is 11.5 Å². The summed E-state index contributed by atoms with van der Waals surface area (Å²) in [5.74, 6) is 1.84. The smallest absolute Gasteiger partial charge is 0.243 e. The Morgan fingerprint density at radius 3 is 1.95 bits per heavy atom. The van der Waals surface area contributed by atoms with Crippen molar-refractivity contribution in [3.05, 3.63) is 47.5 Å². The van der Waals surface area contributed by atoms with Gasteiger partial charge in [0.2, 0.25) is 17.6 Å². The second-order valence-corrected chi connectivity index (χ2v) is 10.5. The number of carbonyl (C=O) groups excluding carboxylic acids is 2. The molecule has 10 nitrogen and oxygen atoms in total. The van der Waals surface area contributed by atoms with Gasteiger partial charge >= 0.3 is 0 Å². The van der Waals surface area contributed by atoms with Crippen molar-refractivity contribution >= 4 is 25.3 Å². The second kappa shape index (κ2) is 17.3. The number of rotatable bonds is 14. The van der Waals surface area contributed by atoms with Gasteiger partial charge in [-0.15, -0.1) is 0 Å². The zero-order chi connectivity index (χ0) is 28.4. The Hall–Kier alpha value is -3.44. The predicted molar refractivity (Wildman–Crippen MR) is 163 cm³/mol. The molecule has 0 aliphatic rings. The maximum Gasteiger partial charge on any atom is 0.243 e. The van der Waals surface area contributed by atoms with Crippen LogP contribution in [0.4, 0.5) is 5.69 Å². The molecule has 0 aliphatic heterocycles. The monoisotopic (exact) mass is 561 g/mol. The molecule has 0 saturated heterocycles. The van der Waals surface area contributed by atoms with E-state index in [1.165, 1.54) is 0 Å². The summed E-state index contributed by atoms with van der Waals surface area (Å²) in [7, 11) is 6.64. The van der Waals surface area contributed by atoms with Crippen LogP contribution in [0.1, 0.15) is 58.1 Å². The van der Waals surface area contributed by atoms with Gasteiger partial charge < -0.3 is 41.1 Å². The van der Waals surface area contributed by atoms with E-state index in [1.54, 1.807) is 28.3 Å². The molecular formula is C29H48BN3O7. The average molecular weight is 562 g/mol. The van der Waals surface area contributed by atoms with E-state index in [0.29, 0.717) is 35.5 Å². The number of amides is 2. The van der Waals surface area contributed by atoms with Gasteiger partial charge in [-0.25, -0.2) is 0 Å². The molecule has 2 aromatic rings. The normalized spacial score (nSPS) is 12.8. The second-order valence-electron chi connectivity index (χ2n) is 10.5. The van der Waals surface area contributed by atoms with Crippen LogP contribution < -0.4 is 30.2 Å². The van der Waals surface area contributed by atoms with Gasteiger partial charge in [0.05, 0.1) is 21.3 Å². The standard InChI is InChI=1S/C29H44BN3O5.2H2O/c1-17(2)12-26(30)33-28(34)19(5)31-29(35)23(32-22-11-9-10-21(16-22)18(3)4)13-20-14-24(36-6)27(38-8)25(15-20)37-7;;/h9-11,14-19,23,26,32H,12-13,30H2,1-8H3,(H,31,35)(H,33,34);2*1H2/t19-,23-,26-;;/m0../s1. The van der Waals surface area contributed by atoms with Crippen molar-refractivity contribution in [2.24, 2.45) is 5.92 Å². The first-order valence-corrected chi connectivity index (χ1v) is 13.2. The highest BCUT2D eigenvalue weighted by atomic mass is 16.5. The van der Waals surface area contributed by atoms with Gasteiger partial charge in [-0.1, -0.05) is 39.8 Å². The Morgan fingerprint density at radius 2 is 1.45 bits per heavy atom. The molecule has 0 aromatic heterocycles. The van der Waals surface area contributed by atoms with Crippen molar-refractivity contribution in [2.75, 3.05) is 26.6 Å². The molecule has 0 fully saturated rings. The van der Waals surface area contributed by atoms with Crippen molar-refractivity contribution in [1.82, 2.24) is 10.6 Å². The van der Waals surface area contributed by atoms with E-state index >= 15 is 0 Å². The molecule has 7 N–H and O–H groups in total. The average Bonchev–Trinajstić information content (AvgIpc) is 2.87. The Balaban J connectivity index is 0.00000760. The number of nitrogens with one attached hydrogen (secondary N) is 3. The number of benzene rings is 2. The molecule has 0 saturated carbocycles. The minimum absolute atomic E-state index is 0. The summed E-state index contributed by atoms with van der Waals surface area (Å²) in [4.78, 5) is 26.3. The van der Waals surface area contributed by atoms with Gasteiger partial charge in [0, 0.05) is 12.1 Å². The lowest BCUT2D eigenvalue weighted by Crippen LogP contribution is -2.52. The number of anilines is 1. The molecule has 2 aromatic carbocycles. The number of hydrogen-bond acceptors (Lipinski definition) is 6. The Bertz CT molecular complexity index is 1060. The Labute approximate surface area is 239 Å². The Morgan fingerprint density at radius 1 is 0.850 bits per heavy atom. The molecule has 0 radical (unpaired) electrons. The van der Waals surface area contributed by atoms with Crippen LogP contribution in [0.3, 0.4) is 0 Å². The van der Waals surface area contributed by atoms with Crippen molar-refractivity contribution in [3.8, 4) is 17.2 Å². The molecule has 2 amide bonds. The summed E-state index contributed by atoms with van der Waals surface area (Å²) >= 11 is 0. The van der Waals surface area contributed by atoms with E-state index in [1.807, 2.05) is 38.2 Å². The lowest BCUT2D eigenvalue weighted by atomic mass is 9.88. The fourth-order valence-electron chi connectivity index (χ4n) is 4.40. The number of carbonyl (C=O) groups is 2.